The standard InChI is InChI=1S/C19H31N5O3/c1-5-7-9-22-13-21-17-16(22)18(26)24(12-15(25)20-11-14(3)4)19(27)23(17)10-8-6-2/h13-14H,5-12H2,1-4H3,(H,20,25). The summed E-state index contributed by atoms with van der Waals surface area (Å²) in [5, 5.41) is 2.77. The van der Waals surface area contributed by atoms with E-state index in [0.717, 1.165) is 30.3 Å². The number of fused-ring (bicyclic) bond motifs is 1. The number of aromatic nitrogens is 4. The fourth-order valence-corrected chi connectivity index (χ4v) is 2.91. The van der Waals surface area contributed by atoms with Crippen LogP contribution in [0.1, 0.15) is 53.4 Å². The molecule has 0 fully saturated rings. The molecule has 0 unspecified atom stereocenters. The van der Waals surface area contributed by atoms with Gasteiger partial charge in [0, 0.05) is 19.6 Å². The number of aryl methyl sites for hydroxylation is 2. The van der Waals surface area contributed by atoms with Gasteiger partial charge in [0.05, 0.1) is 6.33 Å². The monoisotopic (exact) mass is 377 g/mol. The summed E-state index contributed by atoms with van der Waals surface area (Å²) in [7, 11) is 0. The maximum Gasteiger partial charge on any atom is 0.333 e. The van der Waals surface area contributed by atoms with E-state index in [1.54, 1.807) is 10.9 Å². The molecule has 1 N–H and O–H groups in total. The van der Waals surface area contributed by atoms with Crippen molar-refractivity contribution in [3.8, 4) is 0 Å². The summed E-state index contributed by atoms with van der Waals surface area (Å²) >= 11 is 0. The predicted molar refractivity (Wildman–Crippen MR) is 106 cm³/mol. The maximum absolute atomic E-state index is 13.0. The van der Waals surface area contributed by atoms with Gasteiger partial charge in [-0.05, 0) is 18.8 Å². The van der Waals surface area contributed by atoms with Crippen molar-refractivity contribution in [2.45, 2.75) is 73.0 Å². The number of amides is 1. The van der Waals surface area contributed by atoms with Crippen LogP contribution in [0.15, 0.2) is 15.9 Å². The van der Waals surface area contributed by atoms with Crippen molar-refractivity contribution in [3.05, 3.63) is 27.2 Å². The molecule has 0 saturated carbocycles. The van der Waals surface area contributed by atoms with Crippen molar-refractivity contribution in [3.63, 3.8) is 0 Å². The van der Waals surface area contributed by atoms with Gasteiger partial charge in [0.15, 0.2) is 11.2 Å². The predicted octanol–water partition coefficient (Wildman–Crippen LogP) is 1.73. The summed E-state index contributed by atoms with van der Waals surface area (Å²) in [6.45, 7) is 9.47. The third-order valence-electron chi connectivity index (χ3n) is 4.48. The normalized spacial score (nSPS) is 11.4. The van der Waals surface area contributed by atoms with Crippen LogP contribution in [0.3, 0.4) is 0 Å². The summed E-state index contributed by atoms with van der Waals surface area (Å²) in [5.74, 6) is -0.0336. The van der Waals surface area contributed by atoms with E-state index in [1.807, 2.05) is 20.8 Å². The van der Waals surface area contributed by atoms with Crippen LogP contribution in [-0.4, -0.2) is 31.1 Å². The second kappa shape index (κ2) is 9.53. The molecule has 0 saturated heterocycles. The molecule has 8 nitrogen and oxygen atoms in total. The molecule has 0 atom stereocenters. The Balaban J connectivity index is 2.52. The van der Waals surface area contributed by atoms with Gasteiger partial charge in [0.25, 0.3) is 5.56 Å². The smallest absolute Gasteiger partial charge is 0.333 e. The third kappa shape index (κ3) is 4.87. The van der Waals surface area contributed by atoms with Gasteiger partial charge >= 0.3 is 5.69 Å². The average molecular weight is 377 g/mol. The summed E-state index contributed by atoms with van der Waals surface area (Å²) in [4.78, 5) is 42.5. The first-order chi connectivity index (χ1) is 12.9. The second-order valence-corrected chi connectivity index (χ2v) is 7.34. The van der Waals surface area contributed by atoms with Crippen LogP contribution in [-0.2, 0) is 24.4 Å². The average Bonchev–Trinajstić information content (AvgIpc) is 3.05. The van der Waals surface area contributed by atoms with Crippen LogP contribution in [0.5, 0.6) is 0 Å². The highest BCUT2D eigenvalue weighted by molar-refractivity contribution is 5.76. The van der Waals surface area contributed by atoms with Gasteiger partial charge in [-0.3, -0.25) is 14.2 Å². The molecule has 0 aliphatic carbocycles. The quantitative estimate of drug-likeness (QED) is 0.683. The second-order valence-electron chi connectivity index (χ2n) is 7.34. The Hall–Kier alpha value is -2.38. The van der Waals surface area contributed by atoms with Gasteiger partial charge in [0.2, 0.25) is 5.91 Å². The highest BCUT2D eigenvalue weighted by atomic mass is 16.2. The lowest BCUT2D eigenvalue weighted by atomic mass is 10.2. The van der Waals surface area contributed by atoms with Gasteiger partial charge in [-0.15, -0.1) is 0 Å². The van der Waals surface area contributed by atoms with E-state index in [0.29, 0.717) is 36.7 Å². The van der Waals surface area contributed by atoms with E-state index < -0.39 is 11.2 Å². The maximum atomic E-state index is 13.0. The number of unbranched alkanes of at least 4 members (excludes halogenated alkanes) is 2. The minimum atomic E-state index is -0.471. The topological polar surface area (TPSA) is 90.9 Å². The number of nitrogens with one attached hydrogen (secondary N) is 1. The number of hydrogen-bond donors (Lipinski definition) is 1. The van der Waals surface area contributed by atoms with Crippen LogP contribution < -0.4 is 16.6 Å². The van der Waals surface area contributed by atoms with Crippen LogP contribution in [0.25, 0.3) is 11.2 Å². The summed E-state index contributed by atoms with van der Waals surface area (Å²) in [6, 6.07) is 0. The molecule has 0 aliphatic rings. The van der Waals surface area contributed by atoms with E-state index in [-0.39, 0.29) is 12.5 Å². The Morgan fingerprint density at radius 1 is 1.11 bits per heavy atom. The van der Waals surface area contributed by atoms with Gasteiger partial charge in [0.1, 0.15) is 6.54 Å². The molecule has 2 aromatic heterocycles. The third-order valence-corrected chi connectivity index (χ3v) is 4.48. The van der Waals surface area contributed by atoms with Crippen molar-refractivity contribution in [2.75, 3.05) is 6.54 Å². The van der Waals surface area contributed by atoms with Gasteiger partial charge < -0.3 is 9.88 Å². The number of imidazole rings is 1. The van der Waals surface area contributed by atoms with Crippen molar-refractivity contribution < 1.29 is 4.79 Å². The molecule has 1 amide bonds. The van der Waals surface area contributed by atoms with Crippen LogP contribution in [0.4, 0.5) is 0 Å². The molecule has 150 valence electrons. The number of carbonyl (C=O) groups is 1. The fraction of sp³-hybridized carbons (Fsp3) is 0.684. The Bertz CT molecular complexity index is 891. The van der Waals surface area contributed by atoms with Crippen LogP contribution in [0, 0.1) is 5.92 Å². The number of hydrogen-bond acceptors (Lipinski definition) is 4. The number of carbonyl (C=O) groups excluding carboxylic acids is 1. The molecule has 8 heteroatoms. The zero-order valence-electron chi connectivity index (χ0n) is 16.8. The molecule has 27 heavy (non-hydrogen) atoms. The minimum Gasteiger partial charge on any atom is -0.354 e. The first-order valence-electron chi connectivity index (χ1n) is 9.85. The lowest BCUT2D eigenvalue weighted by molar-refractivity contribution is -0.121. The molecule has 0 aromatic carbocycles. The molecule has 0 bridgehead atoms. The largest absolute Gasteiger partial charge is 0.354 e. The molecule has 2 heterocycles. The van der Waals surface area contributed by atoms with Crippen molar-refractivity contribution in [1.82, 2.24) is 24.0 Å². The minimum absolute atomic E-state index is 0.272. The number of rotatable bonds is 10. The Kier molecular flexibility index (Phi) is 7.38. The highest BCUT2D eigenvalue weighted by Gasteiger charge is 2.19. The zero-order valence-corrected chi connectivity index (χ0v) is 16.8. The summed E-state index contributed by atoms with van der Waals surface area (Å²) in [5.41, 5.74) is -0.110. The van der Waals surface area contributed by atoms with E-state index in [4.69, 9.17) is 0 Å². The zero-order chi connectivity index (χ0) is 20.0. The summed E-state index contributed by atoms with van der Waals surface area (Å²) < 4.78 is 4.36. The lowest BCUT2D eigenvalue weighted by Crippen LogP contribution is -2.44. The Labute approximate surface area is 159 Å². The molecule has 0 radical (unpaired) electrons. The Morgan fingerprint density at radius 2 is 1.78 bits per heavy atom. The van der Waals surface area contributed by atoms with E-state index in [1.165, 1.54) is 4.57 Å². The first-order valence-corrected chi connectivity index (χ1v) is 9.85. The van der Waals surface area contributed by atoms with Crippen molar-refractivity contribution in [1.29, 1.82) is 0 Å². The first kappa shape index (κ1) is 20.9. The fourth-order valence-electron chi connectivity index (χ4n) is 2.91. The van der Waals surface area contributed by atoms with Crippen LogP contribution >= 0.6 is 0 Å². The van der Waals surface area contributed by atoms with E-state index in [2.05, 4.69) is 17.2 Å². The van der Waals surface area contributed by atoms with E-state index >= 15 is 0 Å². The van der Waals surface area contributed by atoms with Gasteiger partial charge in [-0.1, -0.05) is 40.5 Å². The van der Waals surface area contributed by atoms with E-state index in [9.17, 15) is 14.4 Å². The van der Waals surface area contributed by atoms with Crippen LogP contribution in [0.2, 0.25) is 0 Å². The SMILES string of the molecule is CCCCn1cnc2c1c(=O)n(CC(=O)NCC(C)C)c(=O)n2CCCC. The van der Waals surface area contributed by atoms with Crippen molar-refractivity contribution in [2.24, 2.45) is 5.92 Å². The lowest BCUT2D eigenvalue weighted by Gasteiger charge is -2.13. The molecular weight excluding hydrogens is 346 g/mol. The number of nitrogens with zero attached hydrogens (tertiary/aromatic N) is 4. The van der Waals surface area contributed by atoms with Crippen molar-refractivity contribution >= 4 is 17.1 Å². The molecular formula is C19H31N5O3. The molecule has 2 rings (SSSR count). The molecule has 0 spiro atoms. The van der Waals surface area contributed by atoms with Gasteiger partial charge in [-0.2, -0.15) is 0 Å². The highest BCUT2D eigenvalue weighted by Crippen LogP contribution is 2.09. The molecule has 0 aliphatic heterocycles. The molecule has 2 aromatic rings. The van der Waals surface area contributed by atoms with Gasteiger partial charge in [-0.25, -0.2) is 14.3 Å². The Morgan fingerprint density at radius 3 is 2.41 bits per heavy atom. The summed E-state index contributed by atoms with van der Waals surface area (Å²) in [6.07, 6.45) is 5.23.